The van der Waals surface area contributed by atoms with E-state index in [9.17, 15) is 10.1 Å². The highest BCUT2D eigenvalue weighted by atomic mass is 79.9. The first-order valence-electron chi connectivity index (χ1n) is 9.47. The Bertz CT molecular complexity index is 1040. The van der Waals surface area contributed by atoms with E-state index >= 15 is 0 Å². The van der Waals surface area contributed by atoms with Crippen molar-refractivity contribution < 1.29 is 9.21 Å². The number of nitrogens with zero attached hydrogens (tertiary/aromatic N) is 1. The number of nitrogens with one attached hydrogen (secondary N) is 1. The number of furan rings is 1. The standard InChI is InChI=1S/C24H21BrN2O2/c1-2-3-4-17-5-11-21(12-6-17)27-24(28)19(16-26)15-22-13-14-23(29-22)18-7-9-20(25)10-8-18/h5-15H,2-4H2,1H3,(H,27,28)/b19-15+. The van der Waals surface area contributed by atoms with Crippen LogP contribution in [0.15, 0.2) is 75.1 Å². The molecule has 5 heteroatoms. The van der Waals surface area contributed by atoms with E-state index in [1.54, 1.807) is 6.07 Å². The molecule has 2 aromatic carbocycles. The van der Waals surface area contributed by atoms with Crippen molar-refractivity contribution in [3.8, 4) is 17.4 Å². The fraction of sp³-hybridized carbons (Fsp3) is 0.167. The molecular formula is C24H21BrN2O2. The lowest BCUT2D eigenvalue weighted by Crippen LogP contribution is -2.13. The van der Waals surface area contributed by atoms with Gasteiger partial charge in [0.25, 0.3) is 5.91 Å². The molecule has 1 amide bonds. The smallest absolute Gasteiger partial charge is 0.266 e. The molecule has 0 bridgehead atoms. The minimum Gasteiger partial charge on any atom is -0.457 e. The minimum atomic E-state index is -0.463. The molecule has 1 aromatic heterocycles. The van der Waals surface area contributed by atoms with Crippen molar-refractivity contribution in [1.82, 2.24) is 0 Å². The summed E-state index contributed by atoms with van der Waals surface area (Å²) >= 11 is 3.40. The highest BCUT2D eigenvalue weighted by Crippen LogP contribution is 2.25. The van der Waals surface area contributed by atoms with Gasteiger partial charge in [-0.3, -0.25) is 4.79 Å². The molecule has 4 nitrogen and oxygen atoms in total. The Labute approximate surface area is 179 Å². The Morgan fingerprint density at radius 3 is 2.48 bits per heavy atom. The molecule has 0 radical (unpaired) electrons. The highest BCUT2D eigenvalue weighted by Gasteiger charge is 2.11. The van der Waals surface area contributed by atoms with Gasteiger partial charge in [0.15, 0.2) is 0 Å². The van der Waals surface area contributed by atoms with Gasteiger partial charge in [-0.15, -0.1) is 0 Å². The maximum Gasteiger partial charge on any atom is 0.266 e. The van der Waals surface area contributed by atoms with Crippen LogP contribution in [0.4, 0.5) is 5.69 Å². The Morgan fingerprint density at radius 1 is 1.10 bits per heavy atom. The molecule has 0 aliphatic carbocycles. The lowest BCUT2D eigenvalue weighted by Gasteiger charge is -2.06. The van der Waals surface area contributed by atoms with E-state index in [0.29, 0.717) is 17.2 Å². The Kier molecular flexibility index (Phi) is 7.04. The zero-order valence-electron chi connectivity index (χ0n) is 16.1. The second-order valence-corrected chi connectivity index (χ2v) is 7.55. The zero-order valence-corrected chi connectivity index (χ0v) is 17.7. The Hall–Kier alpha value is -3.10. The summed E-state index contributed by atoms with van der Waals surface area (Å²) in [4.78, 5) is 12.5. The Morgan fingerprint density at radius 2 is 1.83 bits per heavy atom. The maximum absolute atomic E-state index is 12.5. The van der Waals surface area contributed by atoms with Crippen LogP contribution in [0.5, 0.6) is 0 Å². The lowest BCUT2D eigenvalue weighted by molar-refractivity contribution is -0.112. The number of carbonyl (C=O) groups is 1. The molecule has 0 saturated heterocycles. The molecule has 146 valence electrons. The van der Waals surface area contributed by atoms with Crippen LogP contribution >= 0.6 is 15.9 Å². The van der Waals surface area contributed by atoms with Gasteiger partial charge >= 0.3 is 0 Å². The normalized spacial score (nSPS) is 11.1. The van der Waals surface area contributed by atoms with Gasteiger partial charge in [-0.05, 0) is 54.8 Å². The van der Waals surface area contributed by atoms with Gasteiger partial charge in [0.2, 0.25) is 0 Å². The van der Waals surface area contributed by atoms with Crippen molar-refractivity contribution in [3.05, 3.63) is 82.0 Å². The van der Waals surface area contributed by atoms with E-state index in [2.05, 4.69) is 28.2 Å². The Balaban J connectivity index is 1.70. The third-order valence-corrected chi connectivity index (χ3v) is 4.97. The number of hydrogen-bond acceptors (Lipinski definition) is 3. The predicted octanol–water partition coefficient (Wildman–Crippen LogP) is 6.60. The van der Waals surface area contributed by atoms with Crippen molar-refractivity contribution in [1.29, 1.82) is 5.26 Å². The molecule has 1 N–H and O–H groups in total. The fourth-order valence-electron chi connectivity index (χ4n) is 2.82. The third-order valence-electron chi connectivity index (χ3n) is 4.44. The monoisotopic (exact) mass is 448 g/mol. The largest absolute Gasteiger partial charge is 0.457 e. The second-order valence-electron chi connectivity index (χ2n) is 6.63. The molecular weight excluding hydrogens is 428 g/mol. The topological polar surface area (TPSA) is 66.0 Å². The molecule has 0 atom stereocenters. The first-order chi connectivity index (χ1) is 14.1. The van der Waals surface area contributed by atoms with Crippen molar-refractivity contribution in [2.75, 3.05) is 5.32 Å². The number of aryl methyl sites for hydroxylation is 1. The van der Waals surface area contributed by atoms with Crippen molar-refractivity contribution >= 4 is 33.6 Å². The zero-order chi connectivity index (χ0) is 20.6. The fourth-order valence-corrected chi connectivity index (χ4v) is 3.09. The molecule has 29 heavy (non-hydrogen) atoms. The van der Waals surface area contributed by atoms with E-state index in [1.807, 2.05) is 60.7 Å². The van der Waals surface area contributed by atoms with E-state index < -0.39 is 5.91 Å². The summed E-state index contributed by atoms with van der Waals surface area (Å²) in [5.74, 6) is 0.657. The quantitative estimate of drug-likeness (QED) is 0.327. The van der Waals surface area contributed by atoms with Gasteiger partial charge in [-0.25, -0.2) is 0 Å². The first kappa shape index (κ1) is 20.6. The molecule has 0 saturated carbocycles. The van der Waals surface area contributed by atoms with E-state index in [1.165, 1.54) is 11.6 Å². The van der Waals surface area contributed by atoms with E-state index in [0.717, 1.165) is 29.3 Å². The summed E-state index contributed by atoms with van der Waals surface area (Å²) in [6.45, 7) is 2.16. The van der Waals surface area contributed by atoms with Crippen LogP contribution in [0, 0.1) is 11.3 Å². The first-order valence-corrected chi connectivity index (χ1v) is 10.3. The number of unbranched alkanes of at least 4 members (excludes halogenated alkanes) is 1. The van der Waals surface area contributed by atoms with Crippen LogP contribution in [0.3, 0.4) is 0 Å². The molecule has 3 aromatic rings. The molecule has 0 fully saturated rings. The third kappa shape index (κ3) is 5.69. The molecule has 0 aliphatic rings. The van der Waals surface area contributed by atoms with Gasteiger partial charge in [0.1, 0.15) is 23.2 Å². The summed E-state index contributed by atoms with van der Waals surface area (Å²) in [5, 5.41) is 12.2. The molecule has 3 rings (SSSR count). The van der Waals surface area contributed by atoms with Crippen LogP contribution in [-0.4, -0.2) is 5.91 Å². The summed E-state index contributed by atoms with van der Waals surface area (Å²) in [7, 11) is 0. The number of amides is 1. The molecule has 0 unspecified atom stereocenters. The molecule has 0 aliphatic heterocycles. The van der Waals surface area contributed by atoms with E-state index in [-0.39, 0.29) is 5.57 Å². The number of hydrogen-bond donors (Lipinski definition) is 1. The summed E-state index contributed by atoms with van der Waals surface area (Å²) in [6, 6.07) is 20.9. The minimum absolute atomic E-state index is 0.0169. The van der Waals surface area contributed by atoms with Crippen molar-refractivity contribution in [2.45, 2.75) is 26.2 Å². The number of carbonyl (C=O) groups excluding carboxylic acids is 1. The van der Waals surface area contributed by atoms with Crippen molar-refractivity contribution in [2.24, 2.45) is 0 Å². The van der Waals surface area contributed by atoms with Crippen LogP contribution in [0.2, 0.25) is 0 Å². The number of halogens is 1. The number of benzene rings is 2. The van der Waals surface area contributed by atoms with Gasteiger partial charge in [0.05, 0.1) is 0 Å². The van der Waals surface area contributed by atoms with Gasteiger partial charge in [-0.1, -0.05) is 53.5 Å². The average molecular weight is 449 g/mol. The lowest BCUT2D eigenvalue weighted by atomic mass is 10.1. The van der Waals surface area contributed by atoms with Gasteiger partial charge < -0.3 is 9.73 Å². The van der Waals surface area contributed by atoms with Crippen LogP contribution < -0.4 is 5.32 Å². The molecule has 0 spiro atoms. The summed E-state index contributed by atoms with van der Waals surface area (Å²) in [6.07, 6.45) is 4.75. The van der Waals surface area contributed by atoms with Crippen LogP contribution in [-0.2, 0) is 11.2 Å². The average Bonchev–Trinajstić information content (AvgIpc) is 3.20. The predicted molar refractivity (Wildman–Crippen MR) is 119 cm³/mol. The highest BCUT2D eigenvalue weighted by molar-refractivity contribution is 9.10. The summed E-state index contributed by atoms with van der Waals surface area (Å²) in [5.41, 5.74) is 2.79. The van der Waals surface area contributed by atoms with Crippen molar-refractivity contribution in [3.63, 3.8) is 0 Å². The van der Waals surface area contributed by atoms with Crippen LogP contribution in [0.1, 0.15) is 31.1 Å². The second kappa shape index (κ2) is 9.90. The van der Waals surface area contributed by atoms with Gasteiger partial charge in [0, 0.05) is 21.8 Å². The van der Waals surface area contributed by atoms with Crippen LogP contribution in [0.25, 0.3) is 17.4 Å². The van der Waals surface area contributed by atoms with E-state index in [4.69, 9.17) is 4.42 Å². The molecule has 1 heterocycles. The maximum atomic E-state index is 12.5. The summed E-state index contributed by atoms with van der Waals surface area (Å²) < 4.78 is 6.75. The SMILES string of the molecule is CCCCc1ccc(NC(=O)/C(C#N)=C/c2ccc(-c3ccc(Br)cc3)o2)cc1. The number of rotatable bonds is 7. The number of nitriles is 1. The van der Waals surface area contributed by atoms with Gasteiger partial charge in [-0.2, -0.15) is 5.26 Å². The number of anilines is 1.